The molecule has 1 N–H and O–H groups in total. The number of hydrogen-bond acceptors (Lipinski definition) is 6. The maximum absolute atomic E-state index is 13.3. The van der Waals surface area contributed by atoms with E-state index in [4.69, 9.17) is 4.98 Å². The van der Waals surface area contributed by atoms with E-state index in [1.54, 1.807) is 17.7 Å². The third-order valence-corrected chi connectivity index (χ3v) is 7.92. The van der Waals surface area contributed by atoms with E-state index < -0.39 is 0 Å². The summed E-state index contributed by atoms with van der Waals surface area (Å²) in [5.41, 5.74) is 4.75. The van der Waals surface area contributed by atoms with Gasteiger partial charge in [-0.05, 0) is 49.6 Å². The molecule has 0 aliphatic carbocycles. The molecule has 0 spiro atoms. The van der Waals surface area contributed by atoms with Crippen molar-refractivity contribution >= 4 is 44.2 Å². The maximum atomic E-state index is 13.3. The average Bonchev–Trinajstić information content (AvgIpc) is 3.23. The average molecular weight is 475 g/mol. The number of para-hydroxylation sites is 1. The predicted octanol–water partition coefficient (Wildman–Crippen LogP) is 5.37. The number of thiophene rings is 1. The van der Waals surface area contributed by atoms with Crippen LogP contribution in [0.4, 0.5) is 0 Å². The van der Waals surface area contributed by atoms with E-state index in [2.05, 4.69) is 42.0 Å². The van der Waals surface area contributed by atoms with Gasteiger partial charge in [-0.25, -0.2) is 9.97 Å². The minimum absolute atomic E-state index is 0.0795. The van der Waals surface area contributed by atoms with E-state index in [1.165, 1.54) is 34.2 Å². The quantitative estimate of drug-likeness (QED) is 0.280. The molecule has 0 aliphatic rings. The second-order valence-corrected chi connectivity index (χ2v) is 10.3. The number of aryl methyl sites for hydroxylation is 2. The fourth-order valence-corrected chi connectivity index (χ4v) is 5.71. The lowest BCUT2D eigenvalue weighted by atomic mass is 10.0. The minimum atomic E-state index is -0.197. The fourth-order valence-electron chi connectivity index (χ4n) is 3.79. The lowest BCUT2D eigenvalue weighted by molar-refractivity contribution is 0.724. The van der Waals surface area contributed by atoms with Crippen molar-refractivity contribution in [2.24, 2.45) is 7.05 Å². The zero-order valence-electron chi connectivity index (χ0n) is 18.7. The van der Waals surface area contributed by atoms with Crippen LogP contribution in [0.3, 0.4) is 0 Å². The standard InChI is InChI=1S/C25H22N4O2S2/c1-13-9-10-16(11-14(13)2)18-12-32-23-20(18)24(31)29(4)25(28-23)33-15(3)21-26-19-8-6-5-7-17(19)22(30)27-21/h5-12,15H,1-4H3,(H,26,27,30). The van der Waals surface area contributed by atoms with Gasteiger partial charge in [0, 0.05) is 18.0 Å². The summed E-state index contributed by atoms with van der Waals surface area (Å²) < 4.78 is 1.58. The summed E-state index contributed by atoms with van der Waals surface area (Å²) in [6, 6.07) is 13.5. The van der Waals surface area contributed by atoms with Gasteiger partial charge in [0.1, 0.15) is 10.7 Å². The van der Waals surface area contributed by atoms with E-state index in [1.807, 2.05) is 30.5 Å². The first-order valence-electron chi connectivity index (χ1n) is 10.5. The highest BCUT2D eigenvalue weighted by atomic mass is 32.2. The number of nitrogens with one attached hydrogen (secondary N) is 1. The molecule has 8 heteroatoms. The van der Waals surface area contributed by atoms with E-state index in [0.717, 1.165) is 11.1 Å². The second-order valence-electron chi connectivity index (χ2n) is 8.12. The van der Waals surface area contributed by atoms with Crippen LogP contribution in [0.2, 0.25) is 0 Å². The Balaban J connectivity index is 1.54. The SMILES string of the molecule is Cc1ccc(-c2csc3nc(SC(C)c4nc5ccccc5c(=O)[nH]4)n(C)c(=O)c23)cc1C. The molecule has 6 nitrogen and oxygen atoms in total. The van der Waals surface area contributed by atoms with Gasteiger partial charge in [-0.15, -0.1) is 11.3 Å². The molecule has 3 aromatic heterocycles. The number of fused-ring (bicyclic) bond motifs is 2. The molecule has 3 heterocycles. The van der Waals surface area contributed by atoms with Gasteiger partial charge >= 0.3 is 0 Å². The maximum Gasteiger partial charge on any atom is 0.263 e. The van der Waals surface area contributed by atoms with Crippen LogP contribution in [0, 0.1) is 13.8 Å². The number of benzene rings is 2. The number of H-pyrrole nitrogens is 1. The lowest BCUT2D eigenvalue weighted by Gasteiger charge is -2.13. The van der Waals surface area contributed by atoms with Crippen LogP contribution in [0.5, 0.6) is 0 Å². The Morgan fingerprint density at radius 1 is 1.06 bits per heavy atom. The van der Waals surface area contributed by atoms with Crippen molar-refractivity contribution in [3.63, 3.8) is 0 Å². The van der Waals surface area contributed by atoms with Crippen LogP contribution in [-0.4, -0.2) is 19.5 Å². The van der Waals surface area contributed by atoms with E-state index >= 15 is 0 Å². The van der Waals surface area contributed by atoms with Crippen molar-refractivity contribution < 1.29 is 0 Å². The smallest absolute Gasteiger partial charge is 0.263 e. The summed E-state index contributed by atoms with van der Waals surface area (Å²) in [4.78, 5) is 38.8. The Morgan fingerprint density at radius 2 is 1.85 bits per heavy atom. The molecule has 0 bridgehead atoms. The van der Waals surface area contributed by atoms with Crippen LogP contribution < -0.4 is 11.1 Å². The lowest BCUT2D eigenvalue weighted by Crippen LogP contribution is -2.20. The Kier molecular flexibility index (Phi) is 5.42. The first-order valence-corrected chi connectivity index (χ1v) is 12.3. The highest BCUT2D eigenvalue weighted by molar-refractivity contribution is 7.99. The number of nitrogens with zero attached hydrogens (tertiary/aromatic N) is 3. The number of hydrogen-bond donors (Lipinski definition) is 1. The topological polar surface area (TPSA) is 80.6 Å². The second kappa shape index (κ2) is 8.28. The zero-order chi connectivity index (χ0) is 23.3. The van der Waals surface area contributed by atoms with Crippen LogP contribution in [0.15, 0.2) is 62.6 Å². The zero-order valence-corrected chi connectivity index (χ0v) is 20.3. The van der Waals surface area contributed by atoms with Gasteiger partial charge in [-0.1, -0.05) is 42.1 Å². The van der Waals surface area contributed by atoms with Crippen LogP contribution in [0.25, 0.3) is 32.2 Å². The molecule has 5 rings (SSSR count). The van der Waals surface area contributed by atoms with Gasteiger partial charge < -0.3 is 4.98 Å². The van der Waals surface area contributed by atoms with Crippen LogP contribution in [0.1, 0.15) is 29.1 Å². The minimum Gasteiger partial charge on any atom is -0.309 e. The molecule has 1 unspecified atom stereocenters. The van der Waals surface area contributed by atoms with Crippen molar-refractivity contribution in [1.82, 2.24) is 19.5 Å². The first-order chi connectivity index (χ1) is 15.8. The summed E-state index contributed by atoms with van der Waals surface area (Å²) in [5.74, 6) is 0.556. The third kappa shape index (κ3) is 3.79. The van der Waals surface area contributed by atoms with Crippen molar-refractivity contribution in [2.75, 3.05) is 0 Å². The summed E-state index contributed by atoms with van der Waals surface area (Å²) in [7, 11) is 1.74. The van der Waals surface area contributed by atoms with Crippen molar-refractivity contribution in [3.8, 4) is 11.1 Å². The highest BCUT2D eigenvalue weighted by Crippen LogP contribution is 2.36. The van der Waals surface area contributed by atoms with E-state index in [9.17, 15) is 9.59 Å². The molecule has 33 heavy (non-hydrogen) atoms. The molecule has 2 aromatic carbocycles. The number of thioether (sulfide) groups is 1. The van der Waals surface area contributed by atoms with Crippen LogP contribution >= 0.6 is 23.1 Å². The highest BCUT2D eigenvalue weighted by Gasteiger charge is 2.19. The molecular formula is C25H22N4O2S2. The number of rotatable bonds is 4. The van der Waals surface area contributed by atoms with E-state index in [-0.39, 0.29) is 16.4 Å². The molecule has 0 fully saturated rings. The summed E-state index contributed by atoms with van der Waals surface area (Å²) in [6.07, 6.45) is 0. The fraction of sp³-hybridized carbons (Fsp3) is 0.200. The molecule has 5 aromatic rings. The van der Waals surface area contributed by atoms with Crippen molar-refractivity contribution in [1.29, 1.82) is 0 Å². The van der Waals surface area contributed by atoms with Gasteiger partial charge in [0.05, 0.1) is 21.5 Å². The summed E-state index contributed by atoms with van der Waals surface area (Å²) in [6.45, 7) is 6.10. The molecule has 0 saturated heterocycles. The molecule has 0 amide bonds. The van der Waals surface area contributed by atoms with Crippen molar-refractivity contribution in [2.45, 2.75) is 31.2 Å². The Morgan fingerprint density at radius 3 is 2.64 bits per heavy atom. The molecule has 0 aliphatic heterocycles. The Hall–Kier alpha value is -3.23. The largest absolute Gasteiger partial charge is 0.309 e. The summed E-state index contributed by atoms with van der Waals surface area (Å²) in [5, 5.41) is 3.59. The monoisotopic (exact) mass is 474 g/mol. The van der Waals surface area contributed by atoms with Crippen molar-refractivity contribution in [3.05, 3.63) is 85.5 Å². The number of aromatic amines is 1. The van der Waals surface area contributed by atoms with Gasteiger partial charge in [0.2, 0.25) is 0 Å². The van der Waals surface area contributed by atoms with Gasteiger partial charge in [0.25, 0.3) is 11.1 Å². The van der Waals surface area contributed by atoms with Gasteiger partial charge in [0.15, 0.2) is 5.16 Å². The summed E-state index contributed by atoms with van der Waals surface area (Å²) >= 11 is 2.88. The Bertz CT molecular complexity index is 1650. The van der Waals surface area contributed by atoms with Crippen LogP contribution in [-0.2, 0) is 7.05 Å². The molecule has 0 radical (unpaired) electrons. The number of aromatic nitrogens is 4. The predicted molar refractivity (Wildman–Crippen MR) is 136 cm³/mol. The normalized spacial score (nSPS) is 12.5. The molecular weight excluding hydrogens is 452 g/mol. The van der Waals surface area contributed by atoms with Gasteiger partial charge in [-0.3, -0.25) is 14.2 Å². The molecule has 166 valence electrons. The molecule has 0 saturated carbocycles. The van der Waals surface area contributed by atoms with E-state index in [0.29, 0.717) is 32.1 Å². The molecule has 1 atom stereocenters. The van der Waals surface area contributed by atoms with Gasteiger partial charge in [-0.2, -0.15) is 0 Å². The Labute approximate surface area is 198 Å². The third-order valence-electron chi connectivity index (χ3n) is 5.89. The first kappa shape index (κ1) is 21.6.